The summed E-state index contributed by atoms with van der Waals surface area (Å²) in [7, 11) is 1.89. The van der Waals surface area contributed by atoms with E-state index in [0.29, 0.717) is 12.3 Å². The van der Waals surface area contributed by atoms with Crippen LogP contribution in [0, 0.1) is 10.5 Å². The van der Waals surface area contributed by atoms with Crippen LogP contribution >= 0.6 is 33.9 Å². The van der Waals surface area contributed by atoms with Crippen molar-refractivity contribution in [3.05, 3.63) is 31.2 Å². The Balaban J connectivity index is 2.37. The zero-order valence-electron chi connectivity index (χ0n) is 11.5. The zero-order valence-corrected chi connectivity index (χ0v) is 14.5. The van der Waals surface area contributed by atoms with Crippen molar-refractivity contribution in [3.8, 4) is 0 Å². The molecule has 0 aliphatic rings. The highest BCUT2D eigenvalue weighted by molar-refractivity contribution is 14.1. The van der Waals surface area contributed by atoms with Gasteiger partial charge in [-0.2, -0.15) is 0 Å². The van der Waals surface area contributed by atoms with Gasteiger partial charge in [0.1, 0.15) is 16.6 Å². The molecule has 0 aromatic carbocycles. The molecule has 0 spiro atoms. The number of hydrogen-bond donors (Lipinski definition) is 1. The third kappa shape index (κ3) is 3.42. The van der Waals surface area contributed by atoms with Crippen LogP contribution in [0.1, 0.15) is 42.0 Å². The molecule has 0 saturated carbocycles. The molecule has 1 N–H and O–H groups in total. The minimum atomic E-state index is 0.388. The minimum absolute atomic E-state index is 0.388. The van der Waals surface area contributed by atoms with Crippen molar-refractivity contribution in [1.29, 1.82) is 0 Å². The van der Waals surface area contributed by atoms with E-state index in [-0.39, 0.29) is 0 Å². The van der Waals surface area contributed by atoms with Gasteiger partial charge >= 0.3 is 0 Å². The van der Waals surface area contributed by atoms with Gasteiger partial charge in [-0.3, -0.25) is 0 Å². The van der Waals surface area contributed by atoms with Crippen LogP contribution in [-0.2, 0) is 6.42 Å². The second kappa shape index (κ2) is 6.13. The number of rotatable bonds is 4. The van der Waals surface area contributed by atoms with Crippen molar-refractivity contribution in [2.24, 2.45) is 0 Å². The maximum absolute atomic E-state index is 4.69. The summed E-state index contributed by atoms with van der Waals surface area (Å²) in [5.74, 6) is 2.13. The third-order valence-corrected chi connectivity index (χ3v) is 4.71. The average molecular weight is 388 g/mol. The Kier molecular flexibility index (Phi) is 4.72. The molecule has 2 heterocycles. The van der Waals surface area contributed by atoms with Gasteiger partial charge in [0.15, 0.2) is 0 Å². The van der Waals surface area contributed by atoms with Crippen LogP contribution in [0.2, 0.25) is 0 Å². The fourth-order valence-electron chi connectivity index (χ4n) is 1.76. The number of nitrogens with zero attached hydrogens (tertiary/aromatic N) is 3. The molecule has 0 unspecified atom stereocenters. The topological polar surface area (TPSA) is 50.7 Å². The molecule has 2 rings (SSSR count). The van der Waals surface area contributed by atoms with Crippen molar-refractivity contribution in [2.75, 3.05) is 12.4 Å². The monoisotopic (exact) mass is 388 g/mol. The molecule has 0 saturated heterocycles. The van der Waals surface area contributed by atoms with Gasteiger partial charge in [-0.15, -0.1) is 11.3 Å². The molecule has 0 aliphatic carbocycles. The van der Waals surface area contributed by atoms with Gasteiger partial charge in [0.25, 0.3) is 0 Å². The summed E-state index contributed by atoms with van der Waals surface area (Å²) in [6.45, 7) is 6.32. The van der Waals surface area contributed by atoms with E-state index >= 15 is 0 Å². The quantitative estimate of drug-likeness (QED) is 0.814. The summed E-state index contributed by atoms with van der Waals surface area (Å²) in [4.78, 5) is 13.7. The average Bonchev–Trinajstić information content (AvgIpc) is 2.76. The van der Waals surface area contributed by atoms with Crippen LogP contribution in [0.5, 0.6) is 0 Å². The van der Waals surface area contributed by atoms with Gasteiger partial charge in [0, 0.05) is 18.1 Å². The molecule has 6 heteroatoms. The van der Waals surface area contributed by atoms with Gasteiger partial charge in [-0.25, -0.2) is 15.0 Å². The van der Waals surface area contributed by atoms with E-state index in [1.54, 1.807) is 11.3 Å². The van der Waals surface area contributed by atoms with Crippen LogP contribution < -0.4 is 5.32 Å². The highest BCUT2D eigenvalue weighted by Crippen LogP contribution is 2.25. The van der Waals surface area contributed by atoms with Gasteiger partial charge in [0.05, 0.1) is 15.7 Å². The van der Waals surface area contributed by atoms with E-state index in [9.17, 15) is 0 Å². The Hall–Kier alpha value is -0.760. The first-order chi connectivity index (χ1) is 9.01. The first-order valence-electron chi connectivity index (χ1n) is 6.16. The Morgan fingerprint density at radius 3 is 2.58 bits per heavy atom. The first-order valence-corrected chi connectivity index (χ1v) is 8.12. The molecule has 19 heavy (non-hydrogen) atoms. The number of hydrogen-bond acceptors (Lipinski definition) is 5. The molecule has 0 bridgehead atoms. The summed E-state index contributed by atoms with van der Waals surface area (Å²) >= 11 is 3.97. The largest absolute Gasteiger partial charge is 0.372 e. The van der Waals surface area contributed by atoms with Crippen molar-refractivity contribution in [1.82, 2.24) is 15.0 Å². The SMILES string of the molecule is CNc1nc(Cc2nc(C)cs2)nc(C(C)C)c1I. The lowest BCUT2D eigenvalue weighted by Gasteiger charge is -2.12. The van der Waals surface area contributed by atoms with Gasteiger partial charge in [-0.05, 0) is 35.4 Å². The lowest BCUT2D eigenvalue weighted by molar-refractivity contribution is 0.783. The molecule has 0 atom stereocenters. The van der Waals surface area contributed by atoms with Gasteiger partial charge in [-0.1, -0.05) is 13.8 Å². The molecular weight excluding hydrogens is 371 g/mol. The first kappa shape index (κ1) is 14.6. The summed E-state index contributed by atoms with van der Waals surface area (Å²) in [6, 6.07) is 0. The fourth-order valence-corrected chi connectivity index (χ4v) is 3.66. The van der Waals surface area contributed by atoms with Crippen LogP contribution in [-0.4, -0.2) is 22.0 Å². The van der Waals surface area contributed by atoms with E-state index < -0.39 is 0 Å². The van der Waals surface area contributed by atoms with Crippen LogP contribution in [0.3, 0.4) is 0 Å². The molecule has 0 radical (unpaired) electrons. The number of nitrogens with one attached hydrogen (secondary N) is 1. The highest BCUT2D eigenvalue weighted by Gasteiger charge is 2.15. The second-order valence-corrected chi connectivity index (χ2v) is 6.67. The summed E-state index contributed by atoms with van der Waals surface area (Å²) in [5.41, 5.74) is 2.16. The summed E-state index contributed by atoms with van der Waals surface area (Å²) in [6.07, 6.45) is 0.698. The van der Waals surface area contributed by atoms with Crippen LogP contribution in [0.4, 0.5) is 5.82 Å². The zero-order chi connectivity index (χ0) is 14.0. The van der Waals surface area contributed by atoms with Crippen LogP contribution in [0.25, 0.3) is 0 Å². The third-order valence-electron chi connectivity index (χ3n) is 2.68. The highest BCUT2D eigenvalue weighted by atomic mass is 127. The van der Waals surface area contributed by atoms with Gasteiger partial charge in [0.2, 0.25) is 0 Å². The van der Waals surface area contributed by atoms with Crippen molar-refractivity contribution in [2.45, 2.75) is 33.1 Å². The second-order valence-electron chi connectivity index (χ2n) is 4.65. The number of anilines is 1. The predicted octanol–water partition coefficient (Wildman–Crippen LogP) is 3.60. The molecular formula is C13H17IN4S. The normalized spacial score (nSPS) is 11.1. The Bertz CT molecular complexity index is 580. The number of aryl methyl sites for hydroxylation is 1. The molecule has 4 nitrogen and oxygen atoms in total. The molecule has 102 valence electrons. The lowest BCUT2D eigenvalue weighted by Crippen LogP contribution is -2.09. The Morgan fingerprint density at radius 2 is 2.05 bits per heavy atom. The van der Waals surface area contributed by atoms with Crippen LogP contribution in [0.15, 0.2) is 5.38 Å². The Labute approximate surface area is 131 Å². The van der Waals surface area contributed by atoms with E-state index in [1.165, 1.54) is 0 Å². The van der Waals surface area contributed by atoms with E-state index in [4.69, 9.17) is 4.98 Å². The fraction of sp³-hybridized carbons (Fsp3) is 0.462. The smallest absolute Gasteiger partial charge is 0.143 e. The standard InChI is InChI=1S/C13H17IN4S/c1-7(2)12-11(14)13(15-4)18-9(17-12)5-10-16-8(3)6-19-10/h6-7H,5H2,1-4H3,(H,15,17,18). The molecule has 0 amide bonds. The summed E-state index contributed by atoms with van der Waals surface area (Å²) < 4.78 is 1.11. The molecule has 0 aliphatic heterocycles. The molecule has 2 aromatic rings. The van der Waals surface area contributed by atoms with E-state index in [2.05, 4.69) is 57.1 Å². The minimum Gasteiger partial charge on any atom is -0.372 e. The Morgan fingerprint density at radius 1 is 1.32 bits per heavy atom. The molecule has 2 aromatic heterocycles. The van der Waals surface area contributed by atoms with Crippen molar-refractivity contribution >= 4 is 39.7 Å². The predicted molar refractivity (Wildman–Crippen MR) is 88.0 cm³/mol. The molecule has 0 fully saturated rings. The number of aromatic nitrogens is 3. The maximum Gasteiger partial charge on any atom is 0.143 e. The lowest BCUT2D eigenvalue weighted by atomic mass is 10.1. The number of halogens is 1. The van der Waals surface area contributed by atoms with E-state index in [1.807, 2.05) is 14.0 Å². The van der Waals surface area contributed by atoms with E-state index in [0.717, 1.165) is 31.6 Å². The summed E-state index contributed by atoms with van der Waals surface area (Å²) in [5, 5.41) is 6.27. The van der Waals surface area contributed by atoms with Crippen molar-refractivity contribution < 1.29 is 0 Å². The number of thiazole rings is 1. The van der Waals surface area contributed by atoms with Crippen molar-refractivity contribution in [3.63, 3.8) is 0 Å². The maximum atomic E-state index is 4.69. The van der Waals surface area contributed by atoms with Gasteiger partial charge < -0.3 is 5.32 Å².